The van der Waals surface area contributed by atoms with Crippen LogP contribution in [0.1, 0.15) is 118 Å². The van der Waals surface area contributed by atoms with E-state index in [-0.39, 0.29) is 114 Å². The molecule has 0 amide bonds. The van der Waals surface area contributed by atoms with Crippen molar-refractivity contribution in [2.24, 2.45) is 22.7 Å². The molecule has 0 aliphatic carbocycles. The number of aromatic nitrogens is 1. The van der Waals surface area contributed by atoms with Crippen LogP contribution in [0.3, 0.4) is 0 Å². The summed E-state index contributed by atoms with van der Waals surface area (Å²) in [6, 6.07) is 3.81. The number of ketones is 1. The van der Waals surface area contributed by atoms with Gasteiger partial charge in [0.15, 0.2) is 5.78 Å². The van der Waals surface area contributed by atoms with E-state index in [0.717, 1.165) is 25.7 Å². The Hall–Kier alpha value is -2.98. The maximum Gasteiger partial charge on any atom is 0.162 e. The van der Waals surface area contributed by atoms with Gasteiger partial charge in [-0.3, -0.25) is 9.78 Å². The molecule has 1 aromatic heterocycles. The Balaban J connectivity index is 0.000000425. The number of hydrogen-bond acceptors (Lipinski definition) is 4. The zero-order valence-electron chi connectivity index (χ0n) is 40.6. The molecule has 1 radical (unpaired) electrons. The smallest absolute Gasteiger partial charge is 0.162 e. The third-order valence-corrected chi connectivity index (χ3v) is 10.4. The van der Waals surface area contributed by atoms with E-state index in [1.54, 1.807) is 0 Å². The number of nitrogens with zero attached hydrogens (tertiary/aromatic N) is 1. The molecule has 1 aliphatic rings. The molecule has 1 aliphatic heterocycles. The zero-order chi connectivity index (χ0) is 44.2. The summed E-state index contributed by atoms with van der Waals surface area (Å²) in [7, 11) is 0. The molecule has 5 aromatic rings. The molecule has 4 aromatic carbocycles. The standard InChI is InChI=1S/C33H32NS.C13H24O2.Ir/c1-32(2,3)18-21-11-9-13-23-24-14-15-34-30-26-16-20-10-7-8-12-22(20)27(19-33(4,5)6)31(26)35-28(29(24)30)17-25(21)23;1-5-10(6-2)12(14)9-13(15)11(7-3)8-4;/h7-15,17H,18-19H2,1-6H3;9-11,14H,5-8H2,1-4H3;/q-1;;/b;12-9-;/i7D,8D,9D,10D,11D,12D,14D,15D,17D;;. The molecule has 1 N–H and O–H groups in total. The summed E-state index contributed by atoms with van der Waals surface area (Å²) < 4.78 is 79.0. The van der Waals surface area contributed by atoms with Gasteiger partial charge in [0.1, 0.15) is 0 Å². The minimum Gasteiger partial charge on any atom is -0.512 e. The van der Waals surface area contributed by atoms with Crippen LogP contribution in [0.2, 0.25) is 0 Å². The molecule has 5 heteroatoms. The quantitative estimate of drug-likeness (QED) is 0.0680. The third kappa shape index (κ3) is 9.16. The SMILES string of the molecule is CCC(CC)C(=O)/C=C(\O)C(CC)CC.[2H]c1cc2c(c([2H])c3c4c(nc([2H])c([2H])c42)-c2[c-]c4c([2H])c([2H])c([2H])c([2H])c4c(CC(C)(C)C)c2S3)c(CC(C)(C)C)c1[2H].[Ir]. The van der Waals surface area contributed by atoms with Gasteiger partial charge in [0.05, 0.1) is 16.7 Å². The number of aliphatic hydroxyl groups is 1. The van der Waals surface area contributed by atoms with Crippen LogP contribution in [0.4, 0.5) is 0 Å². The fourth-order valence-electron chi connectivity index (χ4n) is 6.67. The molecule has 0 spiro atoms. The molecule has 0 unspecified atom stereocenters. The first kappa shape index (κ1) is 29.5. The third-order valence-electron chi connectivity index (χ3n) is 9.26. The minimum absolute atomic E-state index is 0. The summed E-state index contributed by atoms with van der Waals surface area (Å²) in [5, 5.41) is 12.2. The van der Waals surface area contributed by atoms with Crippen molar-refractivity contribution in [3.05, 3.63) is 89.6 Å². The van der Waals surface area contributed by atoms with Gasteiger partial charge in [0, 0.05) is 56.2 Å². The van der Waals surface area contributed by atoms with Gasteiger partial charge in [-0.15, -0.1) is 29.3 Å². The number of pyridine rings is 1. The largest absolute Gasteiger partial charge is 0.512 e. The molecule has 0 bridgehead atoms. The van der Waals surface area contributed by atoms with Gasteiger partial charge >= 0.3 is 0 Å². The topological polar surface area (TPSA) is 50.2 Å². The van der Waals surface area contributed by atoms with Crippen molar-refractivity contribution in [1.29, 1.82) is 0 Å². The van der Waals surface area contributed by atoms with E-state index in [4.69, 9.17) is 11.0 Å². The number of aliphatic hydroxyl groups excluding tert-OH is 1. The Morgan fingerprint density at radius 2 is 1.51 bits per heavy atom. The van der Waals surface area contributed by atoms with Crippen molar-refractivity contribution < 1.29 is 42.3 Å². The van der Waals surface area contributed by atoms with Crippen LogP contribution in [-0.4, -0.2) is 15.9 Å². The molecule has 0 saturated carbocycles. The van der Waals surface area contributed by atoms with E-state index in [9.17, 15) is 11.3 Å². The molecule has 0 saturated heterocycles. The number of hydrogen-bond donors (Lipinski definition) is 1. The molecule has 2 heterocycles. The molecule has 0 atom stereocenters. The van der Waals surface area contributed by atoms with Crippen LogP contribution in [0.15, 0.2) is 82.2 Å². The Kier molecular flexibility index (Phi) is 9.70. The summed E-state index contributed by atoms with van der Waals surface area (Å²) in [5.74, 6) is 0.547. The Bertz CT molecular complexity index is 2540. The van der Waals surface area contributed by atoms with Gasteiger partial charge in [-0.2, -0.15) is 0 Å². The van der Waals surface area contributed by atoms with Crippen molar-refractivity contribution in [2.45, 2.75) is 118 Å². The molecule has 3 nitrogen and oxygen atoms in total. The molecule has 0 fully saturated rings. The number of rotatable bonds is 9. The van der Waals surface area contributed by atoms with E-state index < -0.39 is 0 Å². The van der Waals surface area contributed by atoms with Gasteiger partial charge in [0.2, 0.25) is 0 Å². The summed E-state index contributed by atoms with van der Waals surface area (Å²) in [4.78, 5) is 17.5. The predicted molar refractivity (Wildman–Crippen MR) is 215 cm³/mol. The first-order chi connectivity index (χ1) is 27.4. The van der Waals surface area contributed by atoms with Gasteiger partial charge in [-0.25, -0.2) is 0 Å². The number of carbonyl (C=O) groups is 1. The molecular weight excluding hydrogens is 823 g/mol. The van der Waals surface area contributed by atoms with E-state index >= 15 is 0 Å². The number of carbonyl (C=O) groups excluding carboxylic acids is 1. The van der Waals surface area contributed by atoms with Crippen LogP contribution >= 0.6 is 11.8 Å². The average molecular weight is 888 g/mol. The summed E-state index contributed by atoms with van der Waals surface area (Å²) in [5.41, 5.74) is 1.56. The first-order valence-electron chi connectivity index (χ1n) is 22.4. The average Bonchev–Trinajstić information content (AvgIpc) is 3.14. The Morgan fingerprint density at radius 1 is 0.863 bits per heavy atom. The van der Waals surface area contributed by atoms with Crippen LogP contribution in [0, 0.1) is 28.7 Å². The van der Waals surface area contributed by atoms with Crippen molar-refractivity contribution in [3.63, 3.8) is 0 Å². The minimum atomic E-state index is -0.356. The van der Waals surface area contributed by atoms with Crippen molar-refractivity contribution >= 4 is 49.9 Å². The summed E-state index contributed by atoms with van der Waals surface area (Å²) in [6.45, 7) is 20.3. The second kappa shape index (κ2) is 16.8. The van der Waals surface area contributed by atoms with Gasteiger partial charge in [-0.05, 0) is 93.4 Å². The van der Waals surface area contributed by atoms with E-state index in [1.807, 2.05) is 48.5 Å². The zero-order valence-corrected chi connectivity index (χ0v) is 34.8. The van der Waals surface area contributed by atoms with E-state index in [2.05, 4.69) is 31.8 Å². The summed E-state index contributed by atoms with van der Waals surface area (Å²) >= 11 is 1.31. The molecular formula is C46H56IrNO2S-. The van der Waals surface area contributed by atoms with Gasteiger partial charge in [-0.1, -0.05) is 122 Å². The number of fused-ring (bicyclic) bond motifs is 5. The van der Waals surface area contributed by atoms with Crippen molar-refractivity contribution in [3.8, 4) is 11.3 Å². The summed E-state index contributed by atoms with van der Waals surface area (Å²) in [6.07, 6.45) is 5.53. The van der Waals surface area contributed by atoms with Crippen LogP contribution in [-0.2, 0) is 37.7 Å². The van der Waals surface area contributed by atoms with Crippen LogP contribution in [0.5, 0.6) is 0 Å². The Labute approximate surface area is 337 Å². The Morgan fingerprint density at radius 3 is 2.14 bits per heavy atom. The van der Waals surface area contributed by atoms with E-state index in [1.165, 1.54) is 23.9 Å². The van der Waals surface area contributed by atoms with Crippen LogP contribution < -0.4 is 0 Å². The second-order valence-electron chi connectivity index (χ2n) is 15.7. The van der Waals surface area contributed by atoms with Gasteiger partial charge < -0.3 is 5.11 Å². The number of benzene rings is 4. The second-order valence-corrected chi connectivity index (χ2v) is 16.7. The molecule has 51 heavy (non-hydrogen) atoms. The fraction of sp³-hybridized carbons (Fsp3) is 0.435. The molecule has 273 valence electrons. The monoisotopic (exact) mass is 888 g/mol. The fourth-order valence-corrected chi connectivity index (χ4v) is 7.87. The molecule has 6 rings (SSSR count). The van der Waals surface area contributed by atoms with Crippen LogP contribution in [0.25, 0.3) is 43.6 Å². The predicted octanol–water partition coefficient (Wildman–Crippen LogP) is 13.5. The normalized spacial score (nSPS) is 15.5. The van der Waals surface area contributed by atoms with Crippen molar-refractivity contribution in [2.75, 3.05) is 0 Å². The van der Waals surface area contributed by atoms with Gasteiger partial charge in [0.25, 0.3) is 0 Å². The van der Waals surface area contributed by atoms with Crippen molar-refractivity contribution in [1.82, 2.24) is 4.98 Å². The maximum absolute atomic E-state index is 11.7. The first-order valence-corrected chi connectivity index (χ1v) is 18.7. The maximum atomic E-state index is 11.7. The number of allylic oxidation sites excluding steroid dienone is 2. The van der Waals surface area contributed by atoms with E-state index in [0.29, 0.717) is 71.9 Å².